The predicted octanol–water partition coefficient (Wildman–Crippen LogP) is 5.48. The zero-order valence-corrected chi connectivity index (χ0v) is 17.4. The Morgan fingerprint density at radius 1 is 1.14 bits per heavy atom. The number of carboxylic acids is 1. The van der Waals surface area contributed by atoms with Crippen LogP contribution in [-0.4, -0.2) is 34.5 Å². The quantitative estimate of drug-likeness (QED) is 0.695. The second kappa shape index (κ2) is 8.74. The molecule has 0 aromatic heterocycles. The van der Waals surface area contributed by atoms with Gasteiger partial charge in [-0.15, -0.1) is 0 Å². The van der Waals surface area contributed by atoms with Gasteiger partial charge in [0.05, 0.1) is 5.56 Å². The average molecular weight is 414 g/mol. The summed E-state index contributed by atoms with van der Waals surface area (Å²) in [6, 6.07) is 7.38. The maximum atomic E-state index is 13.0. The van der Waals surface area contributed by atoms with Crippen molar-refractivity contribution in [1.82, 2.24) is 4.90 Å². The number of carbonyl (C=O) groups is 2. The summed E-state index contributed by atoms with van der Waals surface area (Å²) in [7, 11) is 0. The van der Waals surface area contributed by atoms with Gasteiger partial charge in [-0.25, -0.2) is 4.79 Å². The van der Waals surface area contributed by atoms with Crippen molar-refractivity contribution in [2.24, 2.45) is 11.8 Å². The van der Waals surface area contributed by atoms with Crippen LogP contribution in [0.15, 0.2) is 41.4 Å². The Balaban J connectivity index is 1.39. The van der Waals surface area contributed by atoms with E-state index in [0.29, 0.717) is 11.9 Å². The van der Waals surface area contributed by atoms with Crippen molar-refractivity contribution in [2.75, 3.05) is 6.54 Å². The number of halogens is 1. The average Bonchev–Trinajstić information content (AvgIpc) is 3.10. The van der Waals surface area contributed by atoms with Crippen LogP contribution in [0.2, 0.25) is 0 Å². The summed E-state index contributed by atoms with van der Waals surface area (Å²) in [6.45, 7) is 0.894. The van der Waals surface area contributed by atoms with Gasteiger partial charge in [0.1, 0.15) is 0 Å². The molecule has 0 spiro atoms. The zero-order chi connectivity index (χ0) is 20.4. The standard InChI is InChI=1S/C24H28ClNO3/c25-22-15-17(16-5-4-6-20(13-16)24(28)29)9-10-18(22)14-19-11-12-26(23(19)27)21-7-2-1-3-8-21/h4-6,9,13,15,18-19,21H,1-3,7-8,10-12,14H2,(H,28,29). The molecule has 29 heavy (non-hydrogen) atoms. The van der Waals surface area contributed by atoms with E-state index in [9.17, 15) is 14.7 Å². The van der Waals surface area contributed by atoms with E-state index in [1.165, 1.54) is 19.3 Å². The lowest BCUT2D eigenvalue weighted by Crippen LogP contribution is -2.39. The lowest BCUT2D eigenvalue weighted by molar-refractivity contribution is -0.133. The molecule has 1 aromatic rings. The van der Waals surface area contributed by atoms with Crippen molar-refractivity contribution in [3.8, 4) is 0 Å². The number of aromatic carboxylic acids is 1. The molecule has 1 amide bonds. The van der Waals surface area contributed by atoms with Crippen LogP contribution in [0.5, 0.6) is 0 Å². The number of carboxylic acid groups (broad SMARTS) is 1. The SMILES string of the molecule is O=C(O)c1cccc(C2=CCC(CC3CCN(C4CCCCC4)C3=O)C(Cl)=C2)c1. The van der Waals surface area contributed by atoms with Crippen molar-refractivity contribution in [2.45, 2.75) is 57.4 Å². The van der Waals surface area contributed by atoms with Gasteiger partial charge >= 0.3 is 5.97 Å². The van der Waals surface area contributed by atoms with Gasteiger partial charge in [-0.2, -0.15) is 0 Å². The highest BCUT2D eigenvalue weighted by atomic mass is 35.5. The van der Waals surface area contributed by atoms with Crippen molar-refractivity contribution in [1.29, 1.82) is 0 Å². The third-order valence-electron chi connectivity index (χ3n) is 6.68. The highest BCUT2D eigenvalue weighted by molar-refractivity contribution is 6.30. The molecular weight excluding hydrogens is 386 g/mol. The van der Waals surface area contributed by atoms with Gasteiger partial charge in [0.25, 0.3) is 0 Å². The largest absolute Gasteiger partial charge is 0.478 e. The fraction of sp³-hybridized carbons (Fsp3) is 0.500. The maximum absolute atomic E-state index is 13.0. The summed E-state index contributed by atoms with van der Waals surface area (Å²) in [5, 5.41) is 9.98. The van der Waals surface area contributed by atoms with Gasteiger partial charge in [0.15, 0.2) is 0 Å². The molecule has 1 aromatic carbocycles. The molecule has 2 fully saturated rings. The summed E-state index contributed by atoms with van der Waals surface area (Å²) in [5.41, 5.74) is 2.09. The molecule has 5 heteroatoms. The van der Waals surface area contributed by atoms with E-state index in [4.69, 9.17) is 11.6 Å². The number of amides is 1. The molecule has 3 aliphatic rings. The van der Waals surface area contributed by atoms with Crippen molar-refractivity contribution >= 4 is 29.1 Å². The molecular formula is C24H28ClNO3. The normalized spacial score (nSPS) is 25.7. The minimum absolute atomic E-state index is 0.0781. The highest BCUT2D eigenvalue weighted by Crippen LogP contribution is 2.38. The number of allylic oxidation sites excluding steroid dienone is 4. The topological polar surface area (TPSA) is 57.6 Å². The molecule has 4 rings (SSSR count). The van der Waals surface area contributed by atoms with E-state index >= 15 is 0 Å². The summed E-state index contributed by atoms with van der Waals surface area (Å²) in [5.74, 6) is -0.360. The molecule has 1 saturated carbocycles. The first-order valence-electron chi connectivity index (χ1n) is 10.7. The summed E-state index contributed by atoms with van der Waals surface area (Å²) in [6.07, 6.45) is 12.7. The first kappa shape index (κ1) is 20.2. The highest BCUT2D eigenvalue weighted by Gasteiger charge is 2.37. The Morgan fingerprint density at radius 3 is 2.66 bits per heavy atom. The monoisotopic (exact) mass is 413 g/mol. The summed E-state index contributed by atoms with van der Waals surface area (Å²) in [4.78, 5) is 26.3. The molecule has 0 radical (unpaired) electrons. The molecule has 1 N–H and O–H groups in total. The van der Waals surface area contributed by atoms with Crippen LogP contribution in [0, 0.1) is 11.8 Å². The molecule has 1 saturated heterocycles. The Labute approximate surface area is 177 Å². The third-order valence-corrected chi connectivity index (χ3v) is 7.10. The first-order valence-corrected chi connectivity index (χ1v) is 11.1. The van der Waals surface area contributed by atoms with Gasteiger partial charge in [-0.1, -0.05) is 49.1 Å². The Morgan fingerprint density at radius 2 is 1.93 bits per heavy atom. The number of nitrogens with zero attached hydrogens (tertiary/aromatic N) is 1. The second-order valence-corrected chi connectivity index (χ2v) is 8.99. The fourth-order valence-electron chi connectivity index (χ4n) is 5.03. The molecule has 2 atom stereocenters. The number of carbonyl (C=O) groups excluding carboxylic acids is 1. The minimum atomic E-state index is -0.932. The number of benzene rings is 1. The molecule has 154 valence electrons. The zero-order valence-electron chi connectivity index (χ0n) is 16.6. The smallest absolute Gasteiger partial charge is 0.335 e. The van der Waals surface area contributed by atoms with Gasteiger partial charge in [-0.3, -0.25) is 4.79 Å². The maximum Gasteiger partial charge on any atom is 0.335 e. The van der Waals surface area contributed by atoms with Crippen LogP contribution in [-0.2, 0) is 4.79 Å². The minimum Gasteiger partial charge on any atom is -0.478 e. The lowest BCUT2D eigenvalue weighted by atomic mass is 9.85. The van der Waals surface area contributed by atoms with Gasteiger partial charge in [0, 0.05) is 23.5 Å². The molecule has 0 bridgehead atoms. The van der Waals surface area contributed by atoms with Crippen molar-refractivity contribution < 1.29 is 14.7 Å². The molecule has 2 unspecified atom stereocenters. The molecule has 1 aliphatic heterocycles. The third kappa shape index (κ3) is 4.42. The Kier molecular flexibility index (Phi) is 6.09. The predicted molar refractivity (Wildman–Crippen MR) is 115 cm³/mol. The number of rotatable bonds is 5. The summed E-state index contributed by atoms with van der Waals surface area (Å²) >= 11 is 6.62. The first-order chi connectivity index (χ1) is 14.0. The van der Waals surface area contributed by atoms with E-state index in [1.54, 1.807) is 18.2 Å². The van der Waals surface area contributed by atoms with Gasteiger partial charge < -0.3 is 10.0 Å². The van der Waals surface area contributed by atoms with Crippen LogP contribution in [0.1, 0.15) is 67.3 Å². The van der Waals surface area contributed by atoms with E-state index in [0.717, 1.165) is 54.8 Å². The molecule has 4 nitrogen and oxygen atoms in total. The Hall–Kier alpha value is -2.07. The summed E-state index contributed by atoms with van der Waals surface area (Å²) < 4.78 is 0. The van der Waals surface area contributed by atoms with Crippen LogP contribution in [0.4, 0.5) is 0 Å². The van der Waals surface area contributed by atoms with Crippen LogP contribution in [0.25, 0.3) is 5.57 Å². The lowest BCUT2D eigenvalue weighted by Gasteiger charge is -2.31. The Bertz CT molecular complexity index is 853. The van der Waals surface area contributed by atoms with E-state index < -0.39 is 5.97 Å². The molecule has 1 heterocycles. The van der Waals surface area contributed by atoms with Crippen molar-refractivity contribution in [3.05, 3.63) is 52.6 Å². The fourth-order valence-corrected chi connectivity index (χ4v) is 5.33. The number of likely N-dealkylation sites (tertiary alicyclic amines) is 1. The van der Waals surface area contributed by atoms with Crippen molar-refractivity contribution in [3.63, 3.8) is 0 Å². The van der Waals surface area contributed by atoms with E-state index in [1.807, 2.05) is 12.1 Å². The van der Waals surface area contributed by atoms with Crippen LogP contribution >= 0.6 is 11.6 Å². The van der Waals surface area contributed by atoms with Crippen LogP contribution in [0.3, 0.4) is 0 Å². The van der Waals surface area contributed by atoms with Crippen LogP contribution < -0.4 is 0 Å². The molecule has 2 aliphatic carbocycles. The van der Waals surface area contributed by atoms with E-state index in [2.05, 4.69) is 11.0 Å². The van der Waals surface area contributed by atoms with Gasteiger partial charge in [-0.05, 0) is 67.4 Å². The second-order valence-electron chi connectivity index (χ2n) is 8.55. The number of hydrogen-bond acceptors (Lipinski definition) is 2. The van der Waals surface area contributed by atoms with Gasteiger partial charge in [0.2, 0.25) is 5.91 Å². The number of hydrogen-bond donors (Lipinski definition) is 1. The van der Waals surface area contributed by atoms with E-state index in [-0.39, 0.29) is 17.4 Å².